The van der Waals surface area contributed by atoms with Crippen LogP contribution in [-0.2, 0) is 19.1 Å². The smallest absolute Gasteiger partial charge is 0.330 e. The zero-order valence-corrected chi connectivity index (χ0v) is 22.5. The summed E-state index contributed by atoms with van der Waals surface area (Å²) < 4.78 is 9.12. The van der Waals surface area contributed by atoms with E-state index in [0.29, 0.717) is 12.6 Å². The van der Waals surface area contributed by atoms with Gasteiger partial charge in [0.2, 0.25) is 6.54 Å². The fraction of sp³-hybridized carbons (Fsp3) is 0.406. The Morgan fingerprint density at radius 3 is 1.87 bits per heavy atom. The maximum Gasteiger partial charge on any atom is 0.330 e. The van der Waals surface area contributed by atoms with E-state index in [1.54, 1.807) is 12.2 Å². The Morgan fingerprint density at radius 2 is 1.37 bits per heavy atom. The van der Waals surface area contributed by atoms with Crippen molar-refractivity contribution in [2.75, 3.05) is 33.9 Å². The standard InChI is InChI=1S/C17H20N2O2.C15H18O2/c1-18-11-13-19-12-3-4-16(19)15-8-5-14(6-9-15)7-10-17(20)21-2;1-17-15(16)11-8-12-6-9-14(10-7-12)13-4-2-3-5-13/h5-10,16H,3-4,11-13H2,2H3;6-11,13H,2-5H2,1H3/b10-7+;11-8+. The first kappa shape index (κ1) is 28.9. The monoisotopic (exact) mass is 514 g/mol. The Labute approximate surface area is 226 Å². The maximum absolute atomic E-state index is 11.1. The van der Waals surface area contributed by atoms with Crippen molar-refractivity contribution in [1.82, 2.24) is 4.90 Å². The molecule has 1 aliphatic carbocycles. The van der Waals surface area contributed by atoms with Gasteiger partial charge in [0.1, 0.15) is 0 Å². The molecule has 0 amide bonds. The molecule has 6 nitrogen and oxygen atoms in total. The molecule has 4 rings (SSSR count). The molecule has 2 aromatic carbocycles. The second-order valence-electron chi connectivity index (χ2n) is 9.60. The predicted octanol–water partition coefficient (Wildman–Crippen LogP) is 6.46. The number of benzene rings is 2. The van der Waals surface area contributed by atoms with Gasteiger partial charge in [-0.05, 0) is 72.6 Å². The molecule has 38 heavy (non-hydrogen) atoms. The van der Waals surface area contributed by atoms with E-state index in [1.165, 1.54) is 69.6 Å². The van der Waals surface area contributed by atoms with Crippen LogP contribution in [0.25, 0.3) is 17.0 Å². The van der Waals surface area contributed by atoms with Gasteiger partial charge in [-0.3, -0.25) is 4.90 Å². The van der Waals surface area contributed by atoms with Crippen molar-refractivity contribution in [3.63, 3.8) is 0 Å². The van der Waals surface area contributed by atoms with Crippen LogP contribution >= 0.6 is 0 Å². The summed E-state index contributed by atoms with van der Waals surface area (Å²) in [7, 11) is 2.75. The van der Waals surface area contributed by atoms with E-state index in [9.17, 15) is 9.59 Å². The minimum absolute atomic E-state index is 0.315. The van der Waals surface area contributed by atoms with Crippen molar-refractivity contribution in [3.05, 3.63) is 94.4 Å². The van der Waals surface area contributed by atoms with Gasteiger partial charge < -0.3 is 14.3 Å². The van der Waals surface area contributed by atoms with Crippen molar-refractivity contribution in [3.8, 4) is 0 Å². The highest BCUT2D eigenvalue weighted by atomic mass is 16.5. The molecule has 0 radical (unpaired) electrons. The van der Waals surface area contributed by atoms with Crippen LogP contribution in [0.5, 0.6) is 0 Å². The van der Waals surface area contributed by atoms with Gasteiger partial charge in [-0.2, -0.15) is 0 Å². The largest absolute Gasteiger partial charge is 0.466 e. The zero-order chi connectivity index (χ0) is 27.2. The minimum Gasteiger partial charge on any atom is -0.466 e. The second-order valence-corrected chi connectivity index (χ2v) is 9.60. The van der Waals surface area contributed by atoms with Gasteiger partial charge >= 0.3 is 11.9 Å². The van der Waals surface area contributed by atoms with Gasteiger partial charge in [0.25, 0.3) is 0 Å². The van der Waals surface area contributed by atoms with Gasteiger partial charge in [-0.15, -0.1) is 0 Å². The molecule has 1 atom stereocenters. The number of nitrogens with zero attached hydrogens (tertiary/aromatic N) is 2. The molecule has 1 unspecified atom stereocenters. The van der Waals surface area contributed by atoms with Crippen LogP contribution in [0, 0.1) is 6.57 Å². The Balaban J connectivity index is 0.000000215. The van der Waals surface area contributed by atoms with Gasteiger partial charge in [-0.25, -0.2) is 16.2 Å². The number of esters is 2. The van der Waals surface area contributed by atoms with Gasteiger partial charge in [0, 0.05) is 18.2 Å². The molecule has 2 aromatic rings. The van der Waals surface area contributed by atoms with Crippen molar-refractivity contribution in [2.45, 2.75) is 50.5 Å². The predicted molar refractivity (Wildman–Crippen MR) is 151 cm³/mol. The number of ether oxygens (including phenoxy) is 2. The molecule has 1 aliphatic heterocycles. The quantitative estimate of drug-likeness (QED) is 0.230. The highest BCUT2D eigenvalue weighted by Gasteiger charge is 2.26. The summed E-state index contributed by atoms with van der Waals surface area (Å²) in [6.45, 7) is 9.40. The first-order chi connectivity index (χ1) is 18.5. The molecular formula is C32H38N2O4. The van der Waals surface area contributed by atoms with E-state index < -0.39 is 0 Å². The van der Waals surface area contributed by atoms with Crippen LogP contribution in [0.2, 0.25) is 0 Å². The summed E-state index contributed by atoms with van der Waals surface area (Å²) in [5, 5.41) is 0. The molecule has 0 aromatic heterocycles. The molecule has 6 heteroatoms. The van der Waals surface area contributed by atoms with Crippen molar-refractivity contribution in [1.29, 1.82) is 0 Å². The lowest BCUT2D eigenvalue weighted by Gasteiger charge is -2.22. The number of hydrogen-bond acceptors (Lipinski definition) is 5. The Hall–Kier alpha value is -3.69. The van der Waals surface area contributed by atoms with Gasteiger partial charge in [-0.1, -0.05) is 61.4 Å². The van der Waals surface area contributed by atoms with Crippen LogP contribution < -0.4 is 0 Å². The summed E-state index contributed by atoms with van der Waals surface area (Å²) >= 11 is 0. The molecule has 2 fully saturated rings. The van der Waals surface area contributed by atoms with Crippen LogP contribution in [0.15, 0.2) is 60.7 Å². The fourth-order valence-corrected chi connectivity index (χ4v) is 5.08. The summed E-state index contributed by atoms with van der Waals surface area (Å²) in [5.74, 6) is 0.0821. The Bertz CT molecular complexity index is 1120. The number of rotatable bonds is 8. The number of carbonyl (C=O) groups excluding carboxylic acids is 2. The highest BCUT2D eigenvalue weighted by molar-refractivity contribution is 5.87. The SMILES string of the molecule is COC(=O)/C=C/c1ccc(C2CCCC2)cc1.[C-]#[N+]CCN1CCCC1c1ccc(/C=C/C(=O)OC)cc1. The number of methoxy groups -OCH3 is 2. The Kier molecular flexibility index (Phi) is 11.8. The third-order valence-electron chi connectivity index (χ3n) is 7.17. The third kappa shape index (κ3) is 9.00. The van der Waals surface area contributed by atoms with E-state index in [0.717, 1.165) is 36.6 Å². The average molecular weight is 515 g/mol. The lowest BCUT2D eigenvalue weighted by Crippen LogP contribution is -2.25. The van der Waals surface area contributed by atoms with Gasteiger partial charge in [0.15, 0.2) is 0 Å². The van der Waals surface area contributed by atoms with Crippen molar-refractivity contribution >= 4 is 24.1 Å². The third-order valence-corrected chi connectivity index (χ3v) is 7.17. The number of hydrogen-bond donors (Lipinski definition) is 0. The van der Waals surface area contributed by atoms with Crippen molar-refractivity contribution < 1.29 is 19.1 Å². The lowest BCUT2D eigenvalue weighted by atomic mass is 9.97. The van der Waals surface area contributed by atoms with Crippen LogP contribution in [0.1, 0.15) is 72.7 Å². The fourth-order valence-electron chi connectivity index (χ4n) is 5.08. The summed E-state index contributed by atoms with van der Waals surface area (Å²) in [6, 6.07) is 17.1. The lowest BCUT2D eigenvalue weighted by molar-refractivity contribution is -0.135. The van der Waals surface area contributed by atoms with E-state index in [2.05, 4.69) is 55.6 Å². The normalized spacial score (nSPS) is 17.8. The van der Waals surface area contributed by atoms with Crippen LogP contribution in [-0.4, -0.2) is 50.7 Å². The first-order valence-corrected chi connectivity index (χ1v) is 13.3. The topological polar surface area (TPSA) is 60.2 Å². The molecule has 0 N–H and O–H groups in total. The van der Waals surface area contributed by atoms with Gasteiger partial charge in [0.05, 0.1) is 20.8 Å². The first-order valence-electron chi connectivity index (χ1n) is 13.3. The maximum atomic E-state index is 11.1. The zero-order valence-electron chi connectivity index (χ0n) is 22.5. The number of likely N-dealkylation sites (tertiary alicyclic amines) is 1. The van der Waals surface area contributed by atoms with E-state index in [-0.39, 0.29) is 11.9 Å². The molecule has 2 aliphatic rings. The molecule has 0 bridgehead atoms. The van der Waals surface area contributed by atoms with Crippen LogP contribution in [0.4, 0.5) is 0 Å². The summed E-state index contributed by atoms with van der Waals surface area (Å²) in [6.07, 6.45) is 14.1. The number of carbonyl (C=O) groups is 2. The molecule has 0 spiro atoms. The summed E-state index contributed by atoms with van der Waals surface area (Å²) in [5.41, 5.74) is 4.73. The second kappa shape index (κ2) is 15.5. The van der Waals surface area contributed by atoms with E-state index >= 15 is 0 Å². The van der Waals surface area contributed by atoms with E-state index in [4.69, 9.17) is 6.57 Å². The minimum atomic E-state index is -0.347. The molecule has 1 saturated carbocycles. The highest BCUT2D eigenvalue weighted by Crippen LogP contribution is 2.34. The molecule has 1 saturated heterocycles. The molecular weight excluding hydrogens is 476 g/mol. The van der Waals surface area contributed by atoms with Crippen molar-refractivity contribution in [2.24, 2.45) is 0 Å². The summed E-state index contributed by atoms with van der Waals surface area (Å²) in [4.78, 5) is 27.8. The average Bonchev–Trinajstić information content (AvgIpc) is 3.67. The van der Waals surface area contributed by atoms with E-state index in [1.807, 2.05) is 12.1 Å². The molecule has 200 valence electrons. The van der Waals surface area contributed by atoms with Crippen LogP contribution in [0.3, 0.4) is 0 Å². The molecule has 1 heterocycles. The Morgan fingerprint density at radius 1 is 0.842 bits per heavy atom.